The van der Waals surface area contributed by atoms with Gasteiger partial charge in [0.05, 0.1) is 0 Å². The molecule has 0 radical (unpaired) electrons. The van der Waals surface area contributed by atoms with E-state index in [4.69, 9.17) is 0 Å². The Morgan fingerprint density at radius 3 is 2.38 bits per heavy atom. The fraction of sp³-hybridized carbons (Fsp3) is 0.333. The van der Waals surface area contributed by atoms with Gasteiger partial charge in [0, 0.05) is 5.41 Å². The molecule has 0 unspecified atom stereocenters. The largest absolute Gasteiger partial charge is 0.242 e. The molecule has 0 aromatic rings. The second kappa shape index (κ2) is 3.11. The van der Waals surface area contributed by atoms with E-state index in [1.807, 2.05) is 0 Å². The first kappa shape index (κ1) is 8.00. The van der Waals surface area contributed by atoms with E-state index in [2.05, 4.69) is 10.7 Å². The summed E-state index contributed by atoms with van der Waals surface area (Å²) in [4.78, 5) is 0. The van der Waals surface area contributed by atoms with E-state index in [0.29, 0.717) is 0 Å². The van der Waals surface area contributed by atoms with Gasteiger partial charge in [0.2, 0.25) is 10.0 Å². The molecule has 0 aromatic heterocycles. The van der Waals surface area contributed by atoms with Crippen LogP contribution in [0.5, 0.6) is 0 Å². The fourth-order valence-corrected chi connectivity index (χ4v) is 1.35. The van der Waals surface area contributed by atoms with Gasteiger partial charge in [0.1, 0.15) is 0 Å². The first-order valence-electron chi connectivity index (χ1n) is 1.79. The van der Waals surface area contributed by atoms with Crippen LogP contribution in [-0.4, -0.2) is 14.7 Å². The standard InChI is InChI=1S/C3H7NO2S2/c1-3-8(5,6)4-7-2/h3-4H,1H2,2H3. The Bertz CT molecular complexity index is 160. The van der Waals surface area contributed by atoms with E-state index in [1.54, 1.807) is 6.26 Å². The molecule has 3 nitrogen and oxygen atoms in total. The van der Waals surface area contributed by atoms with Crippen LogP contribution in [0.4, 0.5) is 0 Å². The summed E-state index contributed by atoms with van der Waals surface area (Å²) in [6.45, 7) is 3.09. The molecule has 0 bridgehead atoms. The molecule has 0 atom stereocenters. The lowest BCUT2D eigenvalue weighted by Gasteiger charge is -1.92. The summed E-state index contributed by atoms with van der Waals surface area (Å²) in [6.07, 6.45) is 1.63. The Morgan fingerprint density at radius 1 is 1.75 bits per heavy atom. The Labute approximate surface area is 53.3 Å². The fourth-order valence-electron chi connectivity index (χ4n) is 0.150. The van der Waals surface area contributed by atoms with Crippen LogP contribution in [-0.2, 0) is 10.0 Å². The first-order valence-corrected chi connectivity index (χ1v) is 4.56. The van der Waals surface area contributed by atoms with Crippen molar-refractivity contribution in [1.29, 1.82) is 0 Å². The number of nitrogens with one attached hydrogen (secondary N) is 1. The highest BCUT2D eigenvalue weighted by molar-refractivity contribution is 8.09. The van der Waals surface area contributed by atoms with Crippen molar-refractivity contribution in [2.24, 2.45) is 0 Å². The maximum atomic E-state index is 10.3. The Kier molecular flexibility index (Phi) is 3.11. The highest BCUT2D eigenvalue weighted by Crippen LogP contribution is 1.90. The molecule has 8 heavy (non-hydrogen) atoms. The lowest BCUT2D eigenvalue weighted by atomic mass is 11.3. The summed E-state index contributed by atoms with van der Waals surface area (Å²) in [5.41, 5.74) is 0. The van der Waals surface area contributed by atoms with E-state index in [9.17, 15) is 8.42 Å². The monoisotopic (exact) mass is 153 g/mol. The third-order valence-corrected chi connectivity index (χ3v) is 2.45. The quantitative estimate of drug-likeness (QED) is 0.594. The normalized spacial score (nSPS) is 11.1. The van der Waals surface area contributed by atoms with Gasteiger partial charge < -0.3 is 0 Å². The Morgan fingerprint density at radius 2 is 2.25 bits per heavy atom. The molecule has 0 rings (SSSR count). The second-order valence-electron chi connectivity index (χ2n) is 0.999. The zero-order chi connectivity index (χ0) is 6.62. The van der Waals surface area contributed by atoms with Gasteiger partial charge in [0.15, 0.2) is 0 Å². The zero-order valence-electron chi connectivity index (χ0n) is 4.42. The molecule has 48 valence electrons. The second-order valence-corrected chi connectivity index (χ2v) is 3.50. The van der Waals surface area contributed by atoms with Gasteiger partial charge in [-0.15, -0.1) is 0 Å². The van der Waals surface area contributed by atoms with Gasteiger partial charge in [-0.3, -0.25) is 0 Å². The van der Waals surface area contributed by atoms with Crippen LogP contribution in [0.3, 0.4) is 0 Å². The van der Waals surface area contributed by atoms with Crippen molar-refractivity contribution >= 4 is 22.0 Å². The average Bonchev–Trinajstić information content (AvgIpc) is 1.67. The van der Waals surface area contributed by atoms with Crippen molar-refractivity contribution in [2.75, 3.05) is 6.26 Å². The minimum absolute atomic E-state index is 0.865. The minimum atomic E-state index is -3.19. The van der Waals surface area contributed by atoms with Crippen LogP contribution in [0, 0.1) is 0 Å². The number of rotatable bonds is 3. The molecule has 1 N–H and O–H groups in total. The third-order valence-electron chi connectivity index (χ3n) is 0.419. The zero-order valence-corrected chi connectivity index (χ0v) is 6.05. The molecule has 0 aromatic carbocycles. The smallest absolute Gasteiger partial charge is 0.207 e. The SMILES string of the molecule is C=CS(=O)(=O)NSC. The van der Waals surface area contributed by atoms with Crippen molar-refractivity contribution in [3.63, 3.8) is 0 Å². The predicted octanol–water partition coefficient (Wildman–Crippen LogP) is 0.327. The van der Waals surface area contributed by atoms with Crippen LogP contribution in [0.2, 0.25) is 0 Å². The predicted molar refractivity (Wildman–Crippen MR) is 35.8 cm³/mol. The van der Waals surface area contributed by atoms with E-state index < -0.39 is 10.0 Å². The molecule has 0 spiro atoms. The van der Waals surface area contributed by atoms with Crippen LogP contribution in [0.15, 0.2) is 12.0 Å². The highest BCUT2D eigenvalue weighted by atomic mass is 32.3. The van der Waals surface area contributed by atoms with Gasteiger partial charge in [-0.1, -0.05) is 18.5 Å². The molecule has 0 amide bonds. The molecule has 0 aliphatic carbocycles. The van der Waals surface area contributed by atoms with Crippen molar-refractivity contribution in [3.8, 4) is 0 Å². The number of sulfonamides is 1. The van der Waals surface area contributed by atoms with Gasteiger partial charge in [-0.25, -0.2) is 8.42 Å². The summed E-state index contributed by atoms with van der Waals surface area (Å²) in [6, 6.07) is 0. The lowest BCUT2D eigenvalue weighted by Crippen LogP contribution is -2.11. The minimum Gasteiger partial charge on any atom is -0.207 e. The Hall–Kier alpha value is -0.0000000000000000555. The summed E-state index contributed by atoms with van der Waals surface area (Å²) in [7, 11) is -3.19. The summed E-state index contributed by atoms with van der Waals surface area (Å²) in [5.74, 6) is 0. The van der Waals surface area contributed by atoms with Gasteiger partial charge in [0.25, 0.3) is 0 Å². The maximum Gasteiger partial charge on any atom is 0.242 e. The van der Waals surface area contributed by atoms with Gasteiger partial charge in [-0.2, -0.15) is 4.13 Å². The van der Waals surface area contributed by atoms with Crippen LogP contribution in [0.25, 0.3) is 0 Å². The molecule has 0 aliphatic heterocycles. The molecular formula is C3H7NO2S2. The number of hydrogen-bond acceptors (Lipinski definition) is 3. The van der Waals surface area contributed by atoms with Crippen LogP contribution >= 0.6 is 11.9 Å². The van der Waals surface area contributed by atoms with Crippen molar-refractivity contribution in [2.45, 2.75) is 0 Å². The molecule has 0 heterocycles. The molecular weight excluding hydrogens is 146 g/mol. The summed E-state index contributed by atoms with van der Waals surface area (Å²) in [5, 5.41) is 0.865. The number of hydrogen-bond donors (Lipinski definition) is 1. The highest BCUT2D eigenvalue weighted by Gasteiger charge is 1.97. The van der Waals surface area contributed by atoms with E-state index >= 15 is 0 Å². The summed E-state index contributed by atoms with van der Waals surface area (Å²) < 4.78 is 22.8. The molecule has 0 saturated carbocycles. The molecule has 0 aliphatic rings. The Balaban J connectivity index is 3.95. The van der Waals surface area contributed by atoms with Crippen molar-refractivity contribution < 1.29 is 8.42 Å². The third kappa shape index (κ3) is 3.06. The molecule has 0 fully saturated rings. The van der Waals surface area contributed by atoms with Crippen molar-refractivity contribution in [1.82, 2.24) is 4.13 Å². The van der Waals surface area contributed by atoms with Crippen molar-refractivity contribution in [3.05, 3.63) is 12.0 Å². The van der Waals surface area contributed by atoms with E-state index in [0.717, 1.165) is 17.4 Å². The topological polar surface area (TPSA) is 46.2 Å². The first-order chi connectivity index (χ1) is 3.62. The van der Waals surface area contributed by atoms with Crippen LogP contribution < -0.4 is 4.13 Å². The van der Waals surface area contributed by atoms with Gasteiger partial charge >= 0.3 is 0 Å². The molecule has 0 saturated heterocycles. The lowest BCUT2D eigenvalue weighted by molar-refractivity contribution is 0.603. The van der Waals surface area contributed by atoms with E-state index in [1.165, 1.54) is 0 Å². The van der Waals surface area contributed by atoms with E-state index in [-0.39, 0.29) is 0 Å². The maximum absolute atomic E-state index is 10.3. The van der Waals surface area contributed by atoms with Crippen LogP contribution in [0.1, 0.15) is 0 Å². The van der Waals surface area contributed by atoms with Gasteiger partial charge in [-0.05, 0) is 6.26 Å². The average molecular weight is 153 g/mol. The summed E-state index contributed by atoms with van der Waals surface area (Å²) >= 11 is 1.02. The molecule has 5 heteroatoms.